The summed E-state index contributed by atoms with van der Waals surface area (Å²) in [6.07, 6.45) is 0. The van der Waals surface area contributed by atoms with Crippen molar-refractivity contribution >= 4 is 49.6 Å². The fraction of sp³-hybridized carbons (Fsp3) is 0.0612. The molecule has 0 atom stereocenters. The molecule has 1 aliphatic carbocycles. The maximum atomic E-state index is 2.43. The number of rotatable bonds is 5. The molecule has 0 aliphatic heterocycles. The lowest BCUT2D eigenvalue weighted by Gasteiger charge is -2.28. The summed E-state index contributed by atoms with van der Waals surface area (Å²) in [6.45, 7) is 4.77. The van der Waals surface area contributed by atoms with Crippen LogP contribution < -0.4 is 4.90 Å². The highest BCUT2D eigenvalue weighted by Crippen LogP contribution is 2.53. The van der Waals surface area contributed by atoms with Crippen LogP contribution in [0.4, 0.5) is 17.1 Å². The van der Waals surface area contributed by atoms with Gasteiger partial charge in [-0.3, -0.25) is 0 Å². The summed E-state index contributed by atoms with van der Waals surface area (Å²) in [6, 6.07) is 66.5. The van der Waals surface area contributed by atoms with Crippen LogP contribution >= 0.6 is 0 Å². The van der Waals surface area contributed by atoms with Gasteiger partial charge in [0.1, 0.15) is 0 Å². The molecule has 8 aromatic carbocycles. The second-order valence-corrected chi connectivity index (χ2v) is 14.2. The minimum atomic E-state index is -0.148. The van der Waals surface area contributed by atoms with Crippen LogP contribution in [0.25, 0.3) is 60.5 Å². The van der Waals surface area contributed by atoms with Crippen molar-refractivity contribution in [3.05, 3.63) is 193 Å². The Morgan fingerprint density at radius 3 is 1.82 bits per heavy atom. The van der Waals surface area contributed by atoms with Gasteiger partial charge >= 0.3 is 0 Å². The molecule has 0 saturated heterocycles. The van der Waals surface area contributed by atoms with E-state index in [-0.39, 0.29) is 5.41 Å². The number of aromatic nitrogens is 1. The summed E-state index contributed by atoms with van der Waals surface area (Å²) in [5.41, 5.74) is 14.7. The normalized spacial score (nSPS) is 13.1. The first-order chi connectivity index (χ1) is 25.1. The molecule has 0 spiro atoms. The molecule has 242 valence electrons. The van der Waals surface area contributed by atoms with Gasteiger partial charge in [-0.2, -0.15) is 0 Å². The lowest BCUT2D eigenvalue weighted by molar-refractivity contribution is 0.666. The molecule has 9 aromatic rings. The zero-order valence-electron chi connectivity index (χ0n) is 28.7. The van der Waals surface area contributed by atoms with Crippen LogP contribution in [0.5, 0.6) is 0 Å². The Morgan fingerprint density at radius 2 is 1.04 bits per heavy atom. The molecule has 1 heterocycles. The van der Waals surface area contributed by atoms with Crippen molar-refractivity contribution in [2.75, 3.05) is 4.90 Å². The van der Waals surface area contributed by atoms with Crippen LogP contribution in [0.15, 0.2) is 182 Å². The molecule has 0 amide bonds. The van der Waals surface area contributed by atoms with Crippen LogP contribution in [0.1, 0.15) is 25.0 Å². The SMILES string of the molecule is CC1(C)c2cc(N(c3ccccc3)c3ccc4c(c3)c3cc(-c5ccccc5)ccc3n4-c3ccccc3)ccc2-c2ccc3ccccc3c21. The van der Waals surface area contributed by atoms with Gasteiger partial charge in [0.2, 0.25) is 0 Å². The van der Waals surface area contributed by atoms with Crippen LogP contribution in [-0.2, 0) is 5.41 Å². The summed E-state index contributed by atoms with van der Waals surface area (Å²) in [5, 5.41) is 5.10. The van der Waals surface area contributed by atoms with E-state index in [0.717, 1.165) is 22.7 Å². The summed E-state index contributed by atoms with van der Waals surface area (Å²) < 4.78 is 2.40. The number of anilines is 3. The van der Waals surface area contributed by atoms with Crippen LogP contribution in [0, 0.1) is 0 Å². The Balaban J connectivity index is 1.19. The Bertz CT molecular complexity index is 2760. The zero-order valence-corrected chi connectivity index (χ0v) is 28.7. The summed E-state index contributed by atoms with van der Waals surface area (Å²) >= 11 is 0. The Labute approximate surface area is 298 Å². The molecule has 1 aliphatic rings. The third-order valence-corrected chi connectivity index (χ3v) is 10.9. The first-order valence-corrected chi connectivity index (χ1v) is 17.8. The molecule has 0 unspecified atom stereocenters. The second-order valence-electron chi connectivity index (χ2n) is 14.2. The number of nitrogens with zero attached hydrogens (tertiary/aromatic N) is 2. The van der Waals surface area contributed by atoms with Gasteiger partial charge in [0.05, 0.1) is 11.0 Å². The summed E-state index contributed by atoms with van der Waals surface area (Å²) in [5.74, 6) is 0. The molecule has 0 radical (unpaired) electrons. The number of para-hydroxylation sites is 2. The third kappa shape index (κ3) is 4.57. The Morgan fingerprint density at radius 1 is 0.431 bits per heavy atom. The summed E-state index contributed by atoms with van der Waals surface area (Å²) in [4.78, 5) is 2.42. The molecule has 0 bridgehead atoms. The molecule has 51 heavy (non-hydrogen) atoms. The average Bonchev–Trinajstić information content (AvgIpc) is 3.63. The predicted octanol–water partition coefficient (Wildman–Crippen LogP) is 13.4. The minimum Gasteiger partial charge on any atom is -0.310 e. The first kappa shape index (κ1) is 29.5. The van der Waals surface area contributed by atoms with E-state index in [2.05, 4.69) is 205 Å². The van der Waals surface area contributed by atoms with E-state index >= 15 is 0 Å². The monoisotopic (exact) mass is 652 g/mol. The molecule has 0 saturated carbocycles. The summed E-state index contributed by atoms with van der Waals surface area (Å²) in [7, 11) is 0. The van der Waals surface area contributed by atoms with Crippen molar-refractivity contribution in [1.82, 2.24) is 4.57 Å². The fourth-order valence-electron chi connectivity index (χ4n) is 8.57. The van der Waals surface area contributed by atoms with Crippen LogP contribution in [0.3, 0.4) is 0 Å². The van der Waals surface area contributed by atoms with Gasteiger partial charge in [0.25, 0.3) is 0 Å². The van der Waals surface area contributed by atoms with Gasteiger partial charge in [-0.25, -0.2) is 0 Å². The van der Waals surface area contributed by atoms with Gasteiger partial charge in [-0.15, -0.1) is 0 Å². The van der Waals surface area contributed by atoms with Gasteiger partial charge < -0.3 is 9.47 Å². The van der Waals surface area contributed by atoms with Crippen molar-refractivity contribution in [1.29, 1.82) is 0 Å². The molecule has 1 aromatic heterocycles. The molecule has 2 heteroatoms. The van der Waals surface area contributed by atoms with E-state index in [4.69, 9.17) is 0 Å². The van der Waals surface area contributed by atoms with E-state index in [1.54, 1.807) is 0 Å². The van der Waals surface area contributed by atoms with E-state index in [9.17, 15) is 0 Å². The molecule has 10 rings (SSSR count). The lowest BCUT2D eigenvalue weighted by atomic mass is 9.80. The van der Waals surface area contributed by atoms with Crippen LogP contribution in [0.2, 0.25) is 0 Å². The number of benzene rings is 8. The van der Waals surface area contributed by atoms with E-state index < -0.39 is 0 Å². The minimum absolute atomic E-state index is 0.148. The highest BCUT2D eigenvalue weighted by molar-refractivity contribution is 6.12. The number of hydrogen-bond donors (Lipinski definition) is 0. The largest absolute Gasteiger partial charge is 0.310 e. The maximum absolute atomic E-state index is 2.43. The number of fused-ring (bicyclic) bond motifs is 8. The molecular weight excluding hydrogens is 617 g/mol. The van der Waals surface area contributed by atoms with Crippen molar-refractivity contribution in [3.8, 4) is 27.9 Å². The van der Waals surface area contributed by atoms with E-state index in [1.165, 1.54) is 66.0 Å². The van der Waals surface area contributed by atoms with E-state index in [0.29, 0.717) is 0 Å². The maximum Gasteiger partial charge on any atom is 0.0542 e. The average molecular weight is 653 g/mol. The van der Waals surface area contributed by atoms with Gasteiger partial charge in [0.15, 0.2) is 0 Å². The van der Waals surface area contributed by atoms with E-state index in [1.807, 2.05) is 0 Å². The molecular formula is C49H36N2. The topological polar surface area (TPSA) is 8.17 Å². The van der Waals surface area contributed by atoms with Crippen molar-refractivity contribution in [3.63, 3.8) is 0 Å². The molecule has 0 N–H and O–H groups in total. The molecule has 2 nitrogen and oxygen atoms in total. The van der Waals surface area contributed by atoms with Crippen molar-refractivity contribution < 1.29 is 0 Å². The Hall–Kier alpha value is -6.38. The smallest absolute Gasteiger partial charge is 0.0542 e. The first-order valence-electron chi connectivity index (χ1n) is 17.8. The second kappa shape index (κ2) is 11.3. The lowest BCUT2D eigenvalue weighted by Crippen LogP contribution is -2.17. The Kier molecular flexibility index (Phi) is 6.56. The van der Waals surface area contributed by atoms with Gasteiger partial charge in [-0.05, 0) is 111 Å². The zero-order chi connectivity index (χ0) is 34.1. The van der Waals surface area contributed by atoms with Crippen molar-refractivity contribution in [2.45, 2.75) is 19.3 Å². The highest BCUT2D eigenvalue weighted by atomic mass is 15.1. The quantitative estimate of drug-likeness (QED) is 0.180. The predicted molar refractivity (Wildman–Crippen MR) is 216 cm³/mol. The number of hydrogen-bond acceptors (Lipinski definition) is 1. The van der Waals surface area contributed by atoms with Gasteiger partial charge in [-0.1, -0.05) is 129 Å². The fourth-order valence-corrected chi connectivity index (χ4v) is 8.57. The van der Waals surface area contributed by atoms with Gasteiger partial charge in [0, 0.05) is 38.9 Å². The van der Waals surface area contributed by atoms with Crippen molar-refractivity contribution in [2.24, 2.45) is 0 Å². The highest BCUT2D eigenvalue weighted by Gasteiger charge is 2.37. The molecule has 0 fully saturated rings. The third-order valence-electron chi connectivity index (χ3n) is 10.9. The van der Waals surface area contributed by atoms with Crippen LogP contribution in [-0.4, -0.2) is 4.57 Å². The standard InChI is InChI=1S/C49H36N2/c1-49(2)45-32-39(24-27-41(45)42-26-22-34-16-12-13-21-40(34)48(42)49)50(36-17-8-4-9-18-36)38-25-29-47-44(31-38)43-30-35(33-14-6-3-7-15-33)23-28-46(43)51(47)37-19-10-5-11-20-37/h3-32H,1-2H3.